The fraction of sp³-hybridized carbons (Fsp3) is 0.583. The lowest BCUT2D eigenvalue weighted by Gasteiger charge is -2.21. The van der Waals surface area contributed by atoms with Crippen molar-refractivity contribution in [2.75, 3.05) is 6.54 Å². The van der Waals surface area contributed by atoms with Crippen LogP contribution in [0.25, 0.3) is 5.65 Å². The number of aromatic nitrogens is 4. The molecular weight excluding hydrogens is 214 g/mol. The maximum Gasteiger partial charge on any atom is 0.182 e. The topological polar surface area (TPSA) is 55.1 Å². The number of rotatable bonds is 5. The number of fused-ring (bicyclic) bond motifs is 1. The normalized spacial score (nSPS) is 13.4. The van der Waals surface area contributed by atoms with E-state index >= 15 is 0 Å². The van der Waals surface area contributed by atoms with Crippen LogP contribution < -0.4 is 5.32 Å². The van der Waals surface area contributed by atoms with Gasteiger partial charge in [0.15, 0.2) is 5.65 Å². The second-order valence-electron chi connectivity index (χ2n) is 4.55. The zero-order valence-corrected chi connectivity index (χ0v) is 10.6. The van der Waals surface area contributed by atoms with E-state index in [9.17, 15) is 0 Å². The summed E-state index contributed by atoms with van der Waals surface area (Å²) in [5.74, 6) is 0.569. The number of hydrogen-bond acceptors (Lipinski definition) is 4. The number of nitrogens with zero attached hydrogens (tertiary/aromatic N) is 4. The molecule has 2 aromatic rings. The lowest BCUT2D eigenvalue weighted by atomic mass is 9.99. The summed E-state index contributed by atoms with van der Waals surface area (Å²) in [5.41, 5.74) is 1.86. The van der Waals surface area contributed by atoms with Gasteiger partial charge in [0.05, 0.1) is 5.69 Å². The molecule has 1 atom stereocenters. The molecule has 0 spiro atoms. The van der Waals surface area contributed by atoms with Crippen LogP contribution in [0.15, 0.2) is 18.7 Å². The van der Waals surface area contributed by atoms with Crippen molar-refractivity contribution in [1.29, 1.82) is 0 Å². The van der Waals surface area contributed by atoms with Crippen LogP contribution in [0.1, 0.15) is 26.5 Å². The summed E-state index contributed by atoms with van der Waals surface area (Å²) < 4.78 is 1.91. The van der Waals surface area contributed by atoms with Crippen LogP contribution in [-0.2, 0) is 6.42 Å². The molecule has 2 aromatic heterocycles. The van der Waals surface area contributed by atoms with Crippen LogP contribution in [-0.4, -0.2) is 32.2 Å². The second kappa shape index (κ2) is 5.23. The Kier molecular flexibility index (Phi) is 3.68. The van der Waals surface area contributed by atoms with Gasteiger partial charge < -0.3 is 5.32 Å². The van der Waals surface area contributed by atoms with Gasteiger partial charge in [-0.2, -0.15) is 0 Å². The van der Waals surface area contributed by atoms with E-state index in [4.69, 9.17) is 0 Å². The largest absolute Gasteiger partial charge is 0.314 e. The first-order valence-corrected chi connectivity index (χ1v) is 6.09. The van der Waals surface area contributed by atoms with Gasteiger partial charge in [-0.15, -0.1) is 10.2 Å². The molecule has 0 aliphatic heterocycles. The third-order valence-electron chi connectivity index (χ3n) is 2.97. The summed E-state index contributed by atoms with van der Waals surface area (Å²) in [6.45, 7) is 7.54. The standard InChI is InChI=1S/C12H19N5/c1-4-13-10(9(2)3)7-11-12-16-15-8-17(12)6-5-14-11/h5-6,8-10,13H,4,7H2,1-3H3. The minimum atomic E-state index is 0.426. The van der Waals surface area contributed by atoms with Crippen molar-refractivity contribution in [3.63, 3.8) is 0 Å². The Balaban J connectivity index is 2.24. The molecule has 1 N–H and O–H groups in total. The van der Waals surface area contributed by atoms with Gasteiger partial charge in [-0.05, 0) is 12.5 Å². The van der Waals surface area contributed by atoms with Gasteiger partial charge in [-0.3, -0.25) is 9.38 Å². The van der Waals surface area contributed by atoms with E-state index in [1.807, 2.05) is 10.6 Å². The van der Waals surface area contributed by atoms with Crippen molar-refractivity contribution >= 4 is 5.65 Å². The Morgan fingerprint density at radius 3 is 2.94 bits per heavy atom. The number of hydrogen-bond donors (Lipinski definition) is 1. The predicted molar refractivity (Wildman–Crippen MR) is 66.8 cm³/mol. The summed E-state index contributed by atoms with van der Waals surface area (Å²) >= 11 is 0. The van der Waals surface area contributed by atoms with E-state index in [0.29, 0.717) is 12.0 Å². The molecule has 92 valence electrons. The Hall–Kier alpha value is -1.49. The SMILES string of the molecule is CCNC(Cc1nccn2cnnc12)C(C)C. The molecule has 0 aliphatic rings. The first kappa shape index (κ1) is 12.0. The highest BCUT2D eigenvalue weighted by Crippen LogP contribution is 2.11. The van der Waals surface area contributed by atoms with Gasteiger partial charge in [0.1, 0.15) is 6.33 Å². The van der Waals surface area contributed by atoms with Crippen molar-refractivity contribution < 1.29 is 0 Å². The first-order valence-electron chi connectivity index (χ1n) is 6.09. The molecule has 0 amide bonds. The molecule has 0 fully saturated rings. The Morgan fingerprint density at radius 2 is 2.24 bits per heavy atom. The fourth-order valence-corrected chi connectivity index (χ4v) is 1.97. The molecule has 0 aromatic carbocycles. The lowest BCUT2D eigenvalue weighted by Crippen LogP contribution is -2.36. The van der Waals surface area contributed by atoms with Crippen LogP contribution in [0.4, 0.5) is 0 Å². The van der Waals surface area contributed by atoms with E-state index in [0.717, 1.165) is 24.3 Å². The third kappa shape index (κ3) is 2.61. The molecule has 0 radical (unpaired) electrons. The maximum atomic E-state index is 4.42. The van der Waals surface area contributed by atoms with Crippen LogP contribution in [0.3, 0.4) is 0 Å². The molecule has 0 saturated heterocycles. The summed E-state index contributed by atoms with van der Waals surface area (Å²) in [5, 5.41) is 11.5. The lowest BCUT2D eigenvalue weighted by molar-refractivity contribution is 0.403. The summed E-state index contributed by atoms with van der Waals surface area (Å²) in [6, 6.07) is 0.426. The van der Waals surface area contributed by atoms with E-state index in [1.54, 1.807) is 12.5 Å². The van der Waals surface area contributed by atoms with Crippen molar-refractivity contribution in [3.05, 3.63) is 24.4 Å². The van der Waals surface area contributed by atoms with Gasteiger partial charge in [0, 0.05) is 24.9 Å². The zero-order chi connectivity index (χ0) is 12.3. The molecule has 2 rings (SSSR count). The van der Waals surface area contributed by atoms with Gasteiger partial charge in [0.2, 0.25) is 0 Å². The third-order valence-corrected chi connectivity index (χ3v) is 2.97. The number of nitrogens with one attached hydrogen (secondary N) is 1. The highest BCUT2D eigenvalue weighted by Gasteiger charge is 2.16. The Bertz CT molecular complexity index is 476. The average Bonchev–Trinajstić information content (AvgIpc) is 2.77. The molecule has 5 heteroatoms. The minimum Gasteiger partial charge on any atom is -0.314 e. The van der Waals surface area contributed by atoms with Crippen LogP contribution >= 0.6 is 0 Å². The highest BCUT2D eigenvalue weighted by molar-refractivity contribution is 5.42. The van der Waals surface area contributed by atoms with E-state index in [1.165, 1.54) is 0 Å². The fourth-order valence-electron chi connectivity index (χ4n) is 1.97. The van der Waals surface area contributed by atoms with Gasteiger partial charge in [-0.1, -0.05) is 20.8 Å². The van der Waals surface area contributed by atoms with E-state index in [-0.39, 0.29) is 0 Å². The summed E-state index contributed by atoms with van der Waals surface area (Å²) in [4.78, 5) is 4.42. The highest BCUT2D eigenvalue weighted by atomic mass is 15.2. The van der Waals surface area contributed by atoms with Gasteiger partial charge in [-0.25, -0.2) is 0 Å². The van der Waals surface area contributed by atoms with Crippen molar-refractivity contribution in [2.24, 2.45) is 5.92 Å². The van der Waals surface area contributed by atoms with Crippen molar-refractivity contribution in [3.8, 4) is 0 Å². The molecule has 0 aliphatic carbocycles. The monoisotopic (exact) mass is 233 g/mol. The molecule has 2 heterocycles. The second-order valence-corrected chi connectivity index (χ2v) is 4.55. The summed E-state index contributed by atoms with van der Waals surface area (Å²) in [7, 11) is 0. The molecule has 0 saturated carbocycles. The Labute approximate surface area is 101 Å². The molecule has 1 unspecified atom stereocenters. The van der Waals surface area contributed by atoms with Gasteiger partial charge >= 0.3 is 0 Å². The minimum absolute atomic E-state index is 0.426. The maximum absolute atomic E-state index is 4.42. The van der Waals surface area contributed by atoms with Crippen molar-refractivity contribution in [2.45, 2.75) is 33.2 Å². The summed E-state index contributed by atoms with van der Waals surface area (Å²) in [6.07, 6.45) is 6.26. The van der Waals surface area contributed by atoms with E-state index < -0.39 is 0 Å². The predicted octanol–water partition coefficient (Wildman–Crippen LogP) is 1.30. The molecule has 17 heavy (non-hydrogen) atoms. The van der Waals surface area contributed by atoms with E-state index in [2.05, 4.69) is 41.3 Å². The molecule has 0 bridgehead atoms. The van der Waals surface area contributed by atoms with Crippen LogP contribution in [0.5, 0.6) is 0 Å². The van der Waals surface area contributed by atoms with Crippen LogP contribution in [0.2, 0.25) is 0 Å². The molecular formula is C12H19N5. The smallest absolute Gasteiger partial charge is 0.182 e. The quantitative estimate of drug-likeness (QED) is 0.845. The zero-order valence-electron chi connectivity index (χ0n) is 10.6. The average molecular weight is 233 g/mol. The van der Waals surface area contributed by atoms with Crippen molar-refractivity contribution in [1.82, 2.24) is 24.9 Å². The number of likely N-dealkylation sites (N-methyl/N-ethyl adjacent to an activating group) is 1. The van der Waals surface area contributed by atoms with Crippen LogP contribution in [0, 0.1) is 5.92 Å². The Morgan fingerprint density at radius 1 is 1.41 bits per heavy atom. The molecule has 5 nitrogen and oxygen atoms in total. The van der Waals surface area contributed by atoms with Gasteiger partial charge in [0.25, 0.3) is 0 Å². The first-order chi connectivity index (χ1) is 8.22.